The van der Waals surface area contributed by atoms with E-state index < -0.39 is 11.9 Å². The lowest BCUT2D eigenvalue weighted by molar-refractivity contribution is -0.127. The van der Waals surface area contributed by atoms with Crippen molar-refractivity contribution in [2.24, 2.45) is 0 Å². The van der Waals surface area contributed by atoms with Crippen LogP contribution in [0.4, 0.5) is 10.1 Å². The van der Waals surface area contributed by atoms with Crippen LogP contribution in [0.1, 0.15) is 42.9 Å². The molecule has 4 aromatic rings. The predicted octanol–water partition coefficient (Wildman–Crippen LogP) is 4.33. The van der Waals surface area contributed by atoms with Crippen molar-refractivity contribution in [3.05, 3.63) is 89.7 Å². The van der Waals surface area contributed by atoms with Crippen molar-refractivity contribution < 1.29 is 19.1 Å². The van der Waals surface area contributed by atoms with Crippen molar-refractivity contribution in [1.29, 1.82) is 0 Å². The van der Waals surface area contributed by atoms with Crippen LogP contribution in [0.15, 0.2) is 72.8 Å². The van der Waals surface area contributed by atoms with Crippen LogP contribution in [0, 0.1) is 12.7 Å². The zero-order valence-corrected chi connectivity index (χ0v) is 21.5. The zero-order chi connectivity index (χ0) is 27.4. The number of phenolic OH excluding ortho intramolecular Hbond substituents is 1. The van der Waals surface area contributed by atoms with Gasteiger partial charge >= 0.3 is 0 Å². The number of amides is 2. The molecule has 0 aliphatic heterocycles. The Labute approximate surface area is 225 Å². The van der Waals surface area contributed by atoms with Gasteiger partial charge in [0.05, 0.1) is 0 Å². The number of nitrogens with one attached hydrogen (secondary N) is 1. The molecule has 0 saturated heterocycles. The number of aromatic hydroxyl groups is 1. The Kier molecular flexibility index (Phi) is 7.62. The molecule has 2 amide bonds. The third kappa shape index (κ3) is 5.95. The first-order valence-corrected chi connectivity index (χ1v) is 12.9. The summed E-state index contributed by atoms with van der Waals surface area (Å²) in [6, 6.07) is 18.3. The second-order valence-electron chi connectivity index (χ2n) is 9.68. The summed E-state index contributed by atoms with van der Waals surface area (Å²) < 4.78 is 13.3. The molecule has 2 N–H and O–H groups in total. The molecular formula is C29H29FN6O3. The maximum Gasteiger partial charge on any atom is 0.251 e. The van der Waals surface area contributed by atoms with Crippen LogP contribution in [0.25, 0.3) is 11.4 Å². The van der Waals surface area contributed by atoms with Gasteiger partial charge < -0.3 is 10.4 Å². The smallest absolute Gasteiger partial charge is 0.251 e. The van der Waals surface area contributed by atoms with Crippen LogP contribution in [0.5, 0.6) is 5.75 Å². The molecule has 10 heteroatoms. The summed E-state index contributed by atoms with van der Waals surface area (Å²) in [5.41, 5.74) is 2.49. The van der Waals surface area contributed by atoms with Gasteiger partial charge in [-0.25, -0.2) is 4.39 Å². The quantitative estimate of drug-likeness (QED) is 0.352. The molecular weight excluding hydrogens is 499 g/mol. The number of hydrogen-bond acceptors (Lipinski definition) is 6. The summed E-state index contributed by atoms with van der Waals surface area (Å²) in [7, 11) is 0. The first-order valence-electron chi connectivity index (χ1n) is 12.9. The molecule has 200 valence electrons. The number of tetrazole rings is 1. The molecule has 39 heavy (non-hydrogen) atoms. The Morgan fingerprint density at radius 1 is 1.05 bits per heavy atom. The molecule has 1 saturated carbocycles. The molecule has 5 rings (SSSR count). The molecule has 0 spiro atoms. The Morgan fingerprint density at radius 3 is 2.44 bits per heavy atom. The number of benzene rings is 3. The molecule has 1 fully saturated rings. The second kappa shape index (κ2) is 11.4. The lowest BCUT2D eigenvalue weighted by Gasteiger charge is -2.33. The molecule has 1 atom stereocenters. The highest BCUT2D eigenvalue weighted by atomic mass is 19.1. The lowest BCUT2D eigenvalue weighted by Crippen LogP contribution is -2.47. The number of hydrogen-bond donors (Lipinski definition) is 2. The number of aromatic nitrogens is 4. The first kappa shape index (κ1) is 26.0. The topological polar surface area (TPSA) is 113 Å². The van der Waals surface area contributed by atoms with E-state index in [1.807, 2.05) is 25.1 Å². The molecule has 3 aromatic carbocycles. The van der Waals surface area contributed by atoms with Crippen molar-refractivity contribution in [3.8, 4) is 17.1 Å². The van der Waals surface area contributed by atoms with Crippen LogP contribution in [0.2, 0.25) is 0 Å². The number of halogens is 1. The highest BCUT2D eigenvalue weighted by Gasteiger charge is 2.35. The van der Waals surface area contributed by atoms with Crippen LogP contribution in [0.3, 0.4) is 0 Å². The number of phenols is 1. The van der Waals surface area contributed by atoms with Gasteiger partial charge in [-0.1, -0.05) is 43.2 Å². The van der Waals surface area contributed by atoms with Gasteiger partial charge in [0.15, 0.2) is 0 Å². The molecule has 1 aromatic heterocycles. The maximum absolute atomic E-state index is 14.0. The van der Waals surface area contributed by atoms with E-state index in [-0.39, 0.29) is 35.9 Å². The normalized spacial score (nSPS) is 14.2. The number of carbonyl (C=O) groups excluding carboxylic acids is 2. The summed E-state index contributed by atoms with van der Waals surface area (Å²) in [6.07, 6.45) is 3.87. The van der Waals surface area contributed by atoms with Crippen molar-refractivity contribution in [2.75, 3.05) is 4.90 Å². The van der Waals surface area contributed by atoms with E-state index in [1.165, 1.54) is 41.3 Å². The van der Waals surface area contributed by atoms with E-state index in [9.17, 15) is 19.1 Å². The summed E-state index contributed by atoms with van der Waals surface area (Å²) >= 11 is 0. The molecule has 1 heterocycles. The van der Waals surface area contributed by atoms with E-state index >= 15 is 0 Å². The molecule has 1 aliphatic rings. The van der Waals surface area contributed by atoms with Gasteiger partial charge in [-0.2, -0.15) is 4.80 Å². The summed E-state index contributed by atoms with van der Waals surface area (Å²) in [4.78, 5) is 30.5. The molecule has 9 nitrogen and oxygen atoms in total. The number of aryl methyl sites for hydroxylation is 1. The number of para-hydroxylation sites is 1. The minimum absolute atomic E-state index is 0.0428. The minimum Gasteiger partial charge on any atom is -0.508 e. The van der Waals surface area contributed by atoms with Crippen molar-refractivity contribution >= 4 is 17.5 Å². The molecule has 1 unspecified atom stereocenters. The average Bonchev–Trinajstić information content (AvgIpc) is 3.61. The Balaban J connectivity index is 1.51. The third-order valence-electron chi connectivity index (χ3n) is 6.89. The van der Waals surface area contributed by atoms with Crippen molar-refractivity contribution in [1.82, 2.24) is 25.5 Å². The summed E-state index contributed by atoms with van der Waals surface area (Å²) in [5.74, 6) is -0.803. The Morgan fingerprint density at radius 2 is 1.74 bits per heavy atom. The number of rotatable bonds is 8. The molecule has 0 bridgehead atoms. The van der Waals surface area contributed by atoms with Gasteiger partial charge in [-0.15, -0.1) is 10.2 Å². The highest BCUT2D eigenvalue weighted by Crippen LogP contribution is 2.32. The number of nitrogens with zero attached hydrogens (tertiary/aromatic N) is 5. The van der Waals surface area contributed by atoms with E-state index in [1.54, 1.807) is 18.2 Å². The van der Waals surface area contributed by atoms with Gasteiger partial charge in [0.25, 0.3) is 5.91 Å². The highest BCUT2D eigenvalue weighted by molar-refractivity contribution is 6.01. The van der Waals surface area contributed by atoms with Crippen LogP contribution < -0.4 is 10.2 Å². The van der Waals surface area contributed by atoms with Crippen molar-refractivity contribution in [2.45, 2.75) is 51.2 Å². The molecule has 0 radical (unpaired) electrons. The Hall–Kier alpha value is -4.60. The van der Waals surface area contributed by atoms with Crippen LogP contribution >= 0.6 is 0 Å². The number of carbonyl (C=O) groups is 2. The van der Waals surface area contributed by atoms with E-state index in [2.05, 4.69) is 20.7 Å². The summed E-state index contributed by atoms with van der Waals surface area (Å²) in [5, 5.41) is 25.4. The Bertz CT molecular complexity index is 1450. The predicted molar refractivity (Wildman–Crippen MR) is 143 cm³/mol. The minimum atomic E-state index is -1.00. The van der Waals surface area contributed by atoms with E-state index in [4.69, 9.17) is 0 Å². The zero-order valence-electron chi connectivity index (χ0n) is 21.5. The second-order valence-corrected chi connectivity index (χ2v) is 9.68. The largest absolute Gasteiger partial charge is 0.508 e. The van der Waals surface area contributed by atoms with Gasteiger partial charge in [0.2, 0.25) is 11.7 Å². The fourth-order valence-electron chi connectivity index (χ4n) is 4.90. The van der Waals surface area contributed by atoms with E-state index in [0.717, 1.165) is 36.0 Å². The first-order chi connectivity index (χ1) is 18.9. The summed E-state index contributed by atoms with van der Waals surface area (Å²) in [6.45, 7) is 1.59. The lowest BCUT2D eigenvalue weighted by atomic mass is 10.0. The monoisotopic (exact) mass is 528 g/mol. The maximum atomic E-state index is 14.0. The van der Waals surface area contributed by atoms with E-state index in [0.29, 0.717) is 16.8 Å². The standard InChI is InChI=1S/C29H29FN6O3/c1-19-6-2-5-9-25(19)36(26(38)18-35-33-28(32-34-35)21-10-14-22(30)15-11-21)27(20-12-16-24(37)17-13-20)29(39)31-23-7-3-4-8-23/h2,5-6,9-17,23,27,37H,3-4,7-8,18H2,1H3,(H,31,39). The van der Waals surface area contributed by atoms with Gasteiger partial charge in [-0.05, 0) is 78.6 Å². The fraction of sp³-hybridized carbons (Fsp3) is 0.276. The third-order valence-corrected chi connectivity index (χ3v) is 6.89. The van der Waals surface area contributed by atoms with Gasteiger partial charge in [0.1, 0.15) is 24.2 Å². The number of anilines is 1. The van der Waals surface area contributed by atoms with Crippen LogP contribution in [-0.4, -0.2) is 43.2 Å². The fourth-order valence-corrected chi connectivity index (χ4v) is 4.90. The SMILES string of the molecule is Cc1ccccc1N(C(=O)Cn1nnc(-c2ccc(F)cc2)n1)C(C(=O)NC1CCCC1)c1ccc(O)cc1. The van der Waals surface area contributed by atoms with Gasteiger partial charge in [0, 0.05) is 17.3 Å². The van der Waals surface area contributed by atoms with Gasteiger partial charge in [-0.3, -0.25) is 14.5 Å². The average molecular weight is 529 g/mol. The van der Waals surface area contributed by atoms with Crippen molar-refractivity contribution in [3.63, 3.8) is 0 Å². The van der Waals surface area contributed by atoms with Crippen LogP contribution in [-0.2, 0) is 16.1 Å². The molecule has 1 aliphatic carbocycles.